The number of para-hydroxylation sites is 1. The molecule has 0 atom stereocenters. The number of fused-ring (bicyclic) bond motifs is 3. The molecule has 142 valence electrons. The van der Waals surface area contributed by atoms with E-state index in [4.69, 9.17) is 4.42 Å². The van der Waals surface area contributed by atoms with Gasteiger partial charge in [-0.1, -0.05) is 18.2 Å². The molecule has 1 aliphatic rings. The number of aromatic nitrogens is 5. The van der Waals surface area contributed by atoms with Gasteiger partial charge in [0.2, 0.25) is 5.89 Å². The van der Waals surface area contributed by atoms with Crippen molar-refractivity contribution in [3.8, 4) is 34.6 Å². The number of nitrogens with zero attached hydrogens (tertiary/aromatic N) is 5. The second-order valence-corrected chi connectivity index (χ2v) is 7.19. The Labute approximate surface area is 167 Å². The normalized spacial score (nSPS) is 13.1. The van der Waals surface area contributed by atoms with Crippen molar-refractivity contribution in [2.24, 2.45) is 0 Å². The van der Waals surface area contributed by atoms with Gasteiger partial charge in [-0.15, -0.1) is 0 Å². The zero-order valence-electron chi connectivity index (χ0n) is 15.8. The lowest BCUT2D eigenvalue weighted by Gasteiger charge is -2.16. The number of aryl methyl sites for hydroxylation is 2. The molecule has 0 N–H and O–H groups in total. The second-order valence-electron chi connectivity index (χ2n) is 7.19. The number of benzene rings is 1. The highest BCUT2D eigenvalue weighted by molar-refractivity contribution is 5.65. The van der Waals surface area contributed by atoms with Crippen LogP contribution in [0.1, 0.15) is 12.0 Å². The Hall–Kier alpha value is -3.80. The van der Waals surface area contributed by atoms with Gasteiger partial charge < -0.3 is 8.98 Å². The predicted octanol–water partition coefficient (Wildman–Crippen LogP) is 4.73. The summed E-state index contributed by atoms with van der Waals surface area (Å²) in [4.78, 5) is 9.06. The van der Waals surface area contributed by atoms with Crippen LogP contribution in [0.3, 0.4) is 0 Å². The van der Waals surface area contributed by atoms with Gasteiger partial charge in [-0.3, -0.25) is 9.13 Å². The molecule has 6 heteroatoms. The molecule has 0 aliphatic carbocycles. The third-order valence-corrected chi connectivity index (χ3v) is 5.52. The van der Waals surface area contributed by atoms with Crippen LogP contribution in [0.25, 0.3) is 34.6 Å². The summed E-state index contributed by atoms with van der Waals surface area (Å²) < 4.78 is 12.3. The fraction of sp³-hybridized carbons (Fsp3) is 0.130. The molecule has 0 radical (unpaired) electrons. The minimum absolute atomic E-state index is 0.597. The summed E-state index contributed by atoms with van der Waals surface area (Å²) in [5.74, 6) is 2.64. The smallest absolute Gasteiger partial charge is 0.243 e. The van der Waals surface area contributed by atoms with E-state index in [2.05, 4.69) is 66.4 Å². The SMILES string of the molecule is c1ccc(-n2c(-c3ncco3)ccc2-n2ccc3c2-c2nccn2CCC3)cc1. The van der Waals surface area contributed by atoms with Gasteiger partial charge in [-0.25, -0.2) is 9.97 Å². The lowest BCUT2D eigenvalue weighted by molar-refractivity contribution is 0.570. The summed E-state index contributed by atoms with van der Waals surface area (Å²) in [7, 11) is 0. The number of hydrogen-bond donors (Lipinski definition) is 0. The summed E-state index contributed by atoms with van der Waals surface area (Å²) in [6, 6.07) is 16.7. The summed E-state index contributed by atoms with van der Waals surface area (Å²) in [5.41, 5.74) is 4.45. The molecule has 6 nitrogen and oxygen atoms in total. The predicted molar refractivity (Wildman–Crippen MR) is 110 cm³/mol. The van der Waals surface area contributed by atoms with E-state index in [1.165, 1.54) is 5.56 Å². The number of imidazole rings is 1. The molecule has 5 aromatic rings. The van der Waals surface area contributed by atoms with E-state index in [1.54, 1.807) is 12.5 Å². The van der Waals surface area contributed by atoms with Crippen molar-refractivity contribution in [2.45, 2.75) is 19.4 Å². The van der Waals surface area contributed by atoms with Crippen LogP contribution in [0.15, 0.2) is 84.0 Å². The maximum absolute atomic E-state index is 5.63. The first kappa shape index (κ1) is 16.2. The van der Waals surface area contributed by atoms with Crippen molar-refractivity contribution in [1.29, 1.82) is 0 Å². The zero-order valence-corrected chi connectivity index (χ0v) is 15.8. The van der Waals surface area contributed by atoms with Crippen LogP contribution in [0.2, 0.25) is 0 Å². The number of hydrogen-bond acceptors (Lipinski definition) is 3. The lowest BCUT2D eigenvalue weighted by Crippen LogP contribution is -2.07. The molecular weight excluding hydrogens is 362 g/mol. The molecule has 1 aromatic carbocycles. The summed E-state index contributed by atoms with van der Waals surface area (Å²) in [5, 5.41) is 0. The fourth-order valence-corrected chi connectivity index (χ4v) is 4.24. The van der Waals surface area contributed by atoms with Gasteiger partial charge in [-0.2, -0.15) is 0 Å². The van der Waals surface area contributed by atoms with Gasteiger partial charge in [0.15, 0.2) is 5.82 Å². The monoisotopic (exact) mass is 381 g/mol. The highest BCUT2D eigenvalue weighted by atomic mass is 16.3. The Bertz CT molecular complexity index is 1270. The van der Waals surface area contributed by atoms with Crippen molar-refractivity contribution >= 4 is 0 Å². The second kappa shape index (κ2) is 6.38. The zero-order chi connectivity index (χ0) is 19.2. The van der Waals surface area contributed by atoms with E-state index < -0.39 is 0 Å². The number of rotatable bonds is 3. The quantitative estimate of drug-likeness (QED) is 0.454. The fourth-order valence-electron chi connectivity index (χ4n) is 4.24. The van der Waals surface area contributed by atoms with E-state index in [-0.39, 0.29) is 0 Å². The van der Waals surface area contributed by atoms with Crippen molar-refractivity contribution in [3.63, 3.8) is 0 Å². The van der Waals surface area contributed by atoms with Crippen LogP contribution in [0.5, 0.6) is 0 Å². The Morgan fingerprint density at radius 3 is 2.69 bits per heavy atom. The molecule has 0 fully saturated rings. The molecule has 6 rings (SSSR count). The Morgan fingerprint density at radius 2 is 1.83 bits per heavy atom. The highest BCUT2D eigenvalue weighted by Crippen LogP contribution is 2.34. The van der Waals surface area contributed by atoms with Gasteiger partial charge in [0.05, 0.1) is 11.9 Å². The molecule has 0 unspecified atom stereocenters. The van der Waals surface area contributed by atoms with Crippen molar-refractivity contribution in [1.82, 2.24) is 23.7 Å². The highest BCUT2D eigenvalue weighted by Gasteiger charge is 2.23. The van der Waals surface area contributed by atoms with Crippen LogP contribution >= 0.6 is 0 Å². The summed E-state index contributed by atoms with van der Waals surface area (Å²) in [6.07, 6.45) is 11.5. The van der Waals surface area contributed by atoms with Crippen LogP contribution in [0.4, 0.5) is 0 Å². The molecule has 0 spiro atoms. The van der Waals surface area contributed by atoms with Gasteiger partial charge in [0.25, 0.3) is 0 Å². The molecule has 0 amide bonds. The topological polar surface area (TPSA) is 53.7 Å². The molecule has 4 aromatic heterocycles. The van der Waals surface area contributed by atoms with Gasteiger partial charge in [0.1, 0.15) is 17.8 Å². The molecular formula is C23H19N5O. The molecule has 29 heavy (non-hydrogen) atoms. The van der Waals surface area contributed by atoms with Crippen LogP contribution < -0.4 is 0 Å². The van der Waals surface area contributed by atoms with E-state index in [0.29, 0.717) is 5.89 Å². The minimum atomic E-state index is 0.597. The standard InChI is InChI=1S/C23H19N5O/c1-2-6-18(7-3-1)28-19(23-25-12-16-29-23)8-9-20(28)27-14-10-17-5-4-13-26-15-11-24-22(26)21(17)27/h1-3,6-12,14-16H,4-5,13H2. The van der Waals surface area contributed by atoms with E-state index in [0.717, 1.165) is 48.1 Å². The third kappa shape index (κ3) is 2.49. The lowest BCUT2D eigenvalue weighted by atomic mass is 10.1. The maximum Gasteiger partial charge on any atom is 0.243 e. The first-order valence-electron chi connectivity index (χ1n) is 9.79. The Kier molecular flexibility index (Phi) is 3.56. The van der Waals surface area contributed by atoms with Crippen molar-refractivity contribution < 1.29 is 4.42 Å². The largest absolute Gasteiger partial charge is 0.443 e. The minimum Gasteiger partial charge on any atom is -0.443 e. The van der Waals surface area contributed by atoms with Crippen LogP contribution in [0, 0.1) is 0 Å². The molecule has 5 heterocycles. The average Bonchev–Trinajstić information content (AvgIpc) is 3.53. The van der Waals surface area contributed by atoms with E-state index >= 15 is 0 Å². The van der Waals surface area contributed by atoms with Crippen LogP contribution in [-0.4, -0.2) is 23.7 Å². The third-order valence-electron chi connectivity index (χ3n) is 5.52. The number of oxazole rings is 1. The Balaban J connectivity index is 1.63. The maximum atomic E-state index is 5.63. The molecule has 1 aliphatic heterocycles. The van der Waals surface area contributed by atoms with Crippen molar-refractivity contribution in [3.05, 3.63) is 85.1 Å². The first-order chi connectivity index (χ1) is 14.4. The summed E-state index contributed by atoms with van der Waals surface area (Å²) >= 11 is 0. The van der Waals surface area contributed by atoms with Gasteiger partial charge >= 0.3 is 0 Å². The van der Waals surface area contributed by atoms with Crippen molar-refractivity contribution in [2.75, 3.05) is 0 Å². The van der Waals surface area contributed by atoms with E-state index in [1.807, 2.05) is 24.4 Å². The van der Waals surface area contributed by atoms with E-state index in [9.17, 15) is 0 Å². The first-order valence-corrected chi connectivity index (χ1v) is 9.79. The van der Waals surface area contributed by atoms with Crippen LogP contribution in [-0.2, 0) is 13.0 Å². The molecule has 0 saturated carbocycles. The molecule has 0 bridgehead atoms. The molecule has 0 saturated heterocycles. The van der Waals surface area contributed by atoms with Gasteiger partial charge in [0, 0.05) is 30.8 Å². The Morgan fingerprint density at radius 1 is 0.897 bits per heavy atom. The summed E-state index contributed by atoms with van der Waals surface area (Å²) in [6.45, 7) is 0.991. The average molecular weight is 381 g/mol. The van der Waals surface area contributed by atoms with Gasteiger partial charge in [-0.05, 0) is 48.7 Å².